The van der Waals surface area contributed by atoms with Crippen molar-refractivity contribution >= 4 is 135 Å². The number of hydrogen-bond donors (Lipinski definition) is 5. The van der Waals surface area contributed by atoms with Gasteiger partial charge in [0, 0.05) is 43.1 Å². The molecular weight excluding hydrogens is 1440 g/mol. The Balaban J connectivity index is 0.000000241. The Kier molecular flexibility index (Phi) is 32.0. The third kappa shape index (κ3) is 25.8. The minimum absolute atomic E-state index is 0.00203. The number of anilines is 3. The lowest BCUT2D eigenvalue weighted by molar-refractivity contribution is -0.465. The number of amides is 3. The highest BCUT2D eigenvalue weighted by Crippen LogP contribution is 2.39. The van der Waals surface area contributed by atoms with E-state index in [0.29, 0.717) is 81.0 Å². The molecule has 2 aromatic heterocycles. The van der Waals surface area contributed by atoms with Gasteiger partial charge in [-0.1, -0.05) is 204 Å². The second-order valence-electron chi connectivity index (χ2n) is 23.9. The fourth-order valence-electron chi connectivity index (χ4n) is 10.1. The third-order valence-corrected chi connectivity index (χ3v) is 16.8. The number of piperidine rings is 1. The van der Waals surface area contributed by atoms with Gasteiger partial charge >= 0.3 is 24.2 Å². The van der Waals surface area contributed by atoms with E-state index < -0.39 is 35.4 Å². The van der Waals surface area contributed by atoms with Crippen LogP contribution in [-0.4, -0.2) is 84.2 Å². The van der Waals surface area contributed by atoms with Crippen molar-refractivity contribution in [2.75, 3.05) is 29.0 Å². The molecule has 0 saturated carbocycles. The van der Waals surface area contributed by atoms with Crippen molar-refractivity contribution in [3.63, 3.8) is 0 Å². The van der Waals surface area contributed by atoms with Gasteiger partial charge in [0.05, 0.1) is 53.9 Å². The first-order valence-electron chi connectivity index (χ1n) is 32.0. The molecule has 7 aromatic carbocycles. The summed E-state index contributed by atoms with van der Waals surface area (Å²) < 4.78 is 50.6. The number of hydrogen-bond acceptors (Lipinski definition) is 16. The average molecular weight is 1520 g/mol. The van der Waals surface area contributed by atoms with Crippen molar-refractivity contribution in [1.82, 2.24) is 24.4 Å². The van der Waals surface area contributed by atoms with Gasteiger partial charge in [-0.15, -0.1) is 0 Å². The zero-order valence-corrected chi connectivity index (χ0v) is 60.4. The van der Waals surface area contributed by atoms with Gasteiger partial charge in [-0.05, 0) is 129 Å². The summed E-state index contributed by atoms with van der Waals surface area (Å²) in [6.45, 7) is 9.76. The van der Waals surface area contributed by atoms with Crippen LogP contribution >= 0.6 is 69.6 Å². The molecule has 9 aromatic rings. The lowest BCUT2D eigenvalue weighted by atomic mass is 9.98. The number of carbonyl (C=O) groups is 5. The molecule has 5 N–H and O–H groups in total. The number of unbranched alkanes of at least 4 members (excludes halogenated alkanes) is 3. The number of esters is 1. The van der Waals surface area contributed by atoms with Gasteiger partial charge < -0.3 is 33.7 Å². The summed E-state index contributed by atoms with van der Waals surface area (Å²) >= 11 is 38.2. The summed E-state index contributed by atoms with van der Waals surface area (Å²) in [6, 6.07) is 41.3. The van der Waals surface area contributed by atoms with Crippen molar-refractivity contribution in [2.45, 2.75) is 111 Å². The Bertz CT molecular complexity index is 4240. The Hall–Kier alpha value is -8.94. The number of nitrogens with zero attached hydrogens (tertiary/aromatic N) is 5. The Labute approximate surface area is 618 Å². The van der Waals surface area contributed by atoms with Gasteiger partial charge in [0.2, 0.25) is 5.95 Å². The Morgan fingerprint density at radius 1 is 0.647 bits per heavy atom. The molecule has 0 spiro atoms. The maximum absolute atomic E-state index is 13.8. The fraction of sp³-hybridized carbons (Fsp3) is 0.270. The highest BCUT2D eigenvalue weighted by atomic mass is 35.5. The highest BCUT2D eigenvalue weighted by Gasteiger charge is 2.30. The number of likely N-dealkylation sites (tertiary alicyclic amines) is 1. The number of carbonyl (C=O) groups excluding carboxylic acids is 5. The van der Waals surface area contributed by atoms with Crippen LogP contribution in [0.3, 0.4) is 0 Å². The molecule has 538 valence electrons. The topological polar surface area (TPSA) is 255 Å². The van der Waals surface area contributed by atoms with Crippen molar-refractivity contribution in [3.05, 3.63) is 239 Å². The summed E-state index contributed by atoms with van der Waals surface area (Å²) in [6.07, 6.45) is 10.7. The number of benzene rings is 7. The van der Waals surface area contributed by atoms with Crippen LogP contribution < -0.4 is 16.0 Å². The van der Waals surface area contributed by atoms with E-state index in [4.69, 9.17) is 109 Å². The molecular formula is C74H74Cl6F2N8O12. The molecule has 0 radical (unpaired) electrons. The molecule has 1 fully saturated rings. The van der Waals surface area contributed by atoms with Crippen LogP contribution in [0.15, 0.2) is 158 Å². The molecule has 102 heavy (non-hydrogen) atoms. The van der Waals surface area contributed by atoms with E-state index in [2.05, 4.69) is 39.0 Å². The van der Waals surface area contributed by atoms with E-state index in [1.54, 1.807) is 35.4 Å². The number of ether oxygens (including phenoxy) is 4. The maximum atomic E-state index is 13.8. The number of halogens is 8. The van der Waals surface area contributed by atoms with Crippen molar-refractivity contribution in [1.29, 1.82) is 0 Å². The van der Waals surface area contributed by atoms with Crippen LogP contribution in [0, 0.1) is 17.6 Å². The van der Waals surface area contributed by atoms with Gasteiger partial charge in [-0.25, -0.2) is 43.6 Å². The molecule has 3 amide bonds. The number of allylic oxidation sites excluding steroid dienone is 1. The van der Waals surface area contributed by atoms with Crippen molar-refractivity contribution < 1.29 is 67.3 Å². The zero-order valence-electron chi connectivity index (χ0n) is 55.9. The smallest absolute Gasteiger partial charge is 0.411 e. The van der Waals surface area contributed by atoms with E-state index in [-0.39, 0.29) is 76.4 Å². The molecule has 3 heterocycles. The molecule has 10 rings (SSSR count). The van der Waals surface area contributed by atoms with Crippen LogP contribution in [0.1, 0.15) is 110 Å². The van der Waals surface area contributed by atoms with Gasteiger partial charge in [0.15, 0.2) is 23.6 Å². The first-order valence-corrected chi connectivity index (χ1v) is 34.3. The molecule has 1 aliphatic rings. The molecule has 28 heteroatoms. The van der Waals surface area contributed by atoms with Gasteiger partial charge in [0.25, 0.3) is 0 Å². The molecule has 1 atom stereocenters. The average Bonchev–Trinajstić information content (AvgIpc) is 1.60. The SMILES string of the molecule is CC(C)(C)OC(=O)N1CCC[C@@H](Cn2c(-c3c(Cl)cc(CC(=O)OCc4ccccc4)cc3Cl)nc3cnc(NCc4ccc(F)c(F)c4)nc32)C1.CCCCC/C=C\c1c(Cl)cc(NC(=O)OCc2ccccc2)cc1Cl.O=Cc1c(Cl)cc(NC(=O)OCc2ccccc2)cc1Cl.OOO. The van der Waals surface area contributed by atoms with E-state index in [1.165, 1.54) is 31.0 Å². The standard InChI is InChI=1S/C38H38Cl2F2N6O4.C21H23Cl2NO2.C15H11Cl2NO3.H2O3/c1-38(2,3)52-37(50)47-13-7-10-25(20-47)21-48-34-31(19-44-36(46-34)43-18-24-11-12-29(41)30(42)16-24)45-35(48)33-27(39)14-26(15-28(33)40)17-32(49)51-22-23-8-5-4-6-9-23;1-2-3-4-5-9-12-18-19(22)13-17(14-20(18)23)24-21(25)26-15-16-10-7-6-8-11-16;16-13-6-11(7-14(17)12(13)8-19)18-15(20)21-9-10-4-2-1-3-5-10;1-3-2/h4-6,8-9,11-12,14-16,19,25H,7,10,13,17-18,20-22H2,1-3H3,(H,43,44,46);6-14H,2-5,15H2,1H3,(H,24,25);1-8H,9H2,(H,18,20);1-2H/b;12-9-;;/t25-;;;/m1.../s1. The summed E-state index contributed by atoms with van der Waals surface area (Å²) in [5.74, 6) is -1.63. The normalized spacial score (nSPS) is 12.5. The van der Waals surface area contributed by atoms with Gasteiger partial charge in [0.1, 0.15) is 36.8 Å². The minimum atomic E-state index is -0.949. The molecule has 1 saturated heterocycles. The van der Waals surface area contributed by atoms with Crippen molar-refractivity contribution in [2.24, 2.45) is 5.92 Å². The number of rotatable bonds is 22. The number of aldehydes is 1. The van der Waals surface area contributed by atoms with Crippen LogP contribution in [0.4, 0.5) is 40.5 Å². The number of imidazole rings is 1. The zero-order chi connectivity index (χ0) is 73.7. The summed E-state index contributed by atoms with van der Waals surface area (Å²) in [5.41, 5.74) is 6.30. The Morgan fingerprint density at radius 3 is 1.69 bits per heavy atom. The minimum Gasteiger partial charge on any atom is -0.461 e. The van der Waals surface area contributed by atoms with Crippen LogP contribution in [0.5, 0.6) is 0 Å². The molecule has 20 nitrogen and oxygen atoms in total. The summed E-state index contributed by atoms with van der Waals surface area (Å²) in [4.78, 5) is 75.8. The molecule has 0 bridgehead atoms. The number of fused-ring (bicyclic) bond motifs is 1. The van der Waals surface area contributed by atoms with Crippen LogP contribution in [0.2, 0.25) is 30.1 Å². The van der Waals surface area contributed by atoms with E-state index in [0.717, 1.165) is 60.1 Å². The highest BCUT2D eigenvalue weighted by molar-refractivity contribution is 6.40. The second kappa shape index (κ2) is 40.6. The lowest BCUT2D eigenvalue weighted by Crippen LogP contribution is -2.43. The van der Waals surface area contributed by atoms with E-state index >= 15 is 0 Å². The largest absolute Gasteiger partial charge is 0.461 e. The van der Waals surface area contributed by atoms with Gasteiger partial charge in [-0.2, -0.15) is 4.98 Å². The first-order chi connectivity index (χ1) is 48.9. The number of aromatic nitrogens is 4. The predicted molar refractivity (Wildman–Crippen MR) is 393 cm³/mol. The number of nitrogens with one attached hydrogen (secondary N) is 3. The third-order valence-electron chi connectivity index (χ3n) is 14.9. The maximum Gasteiger partial charge on any atom is 0.411 e. The lowest BCUT2D eigenvalue weighted by Gasteiger charge is -2.34. The van der Waals surface area contributed by atoms with E-state index in [1.807, 2.05) is 122 Å². The van der Waals surface area contributed by atoms with Crippen LogP contribution in [-0.2, 0) is 68.1 Å². The monoisotopic (exact) mass is 1510 g/mol. The molecule has 1 aliphatic heterocycles. The predicted octanol–water partition coefficient (Wildman–Crippen LogP) is 20.5. The first kappa shape index (κ1) is 80.4. The van der Waals surface area contributed by atoms with Gasteiger partial charge in [-0.3, -0.25) is 20.2 Å². The quantitative estimate of drug-likeness (QED) is 0.0106. The summed E-state index contributed by atoms with van der Waals surface area (Å²) in [7, 11) is 0. The van der Waals surface area contributed by atoms with Crippen molar-refractivity contribution in [3.8, 4) is 11.4 Å². The Morgan fingerprint density at radius 2 is 1.18 bits per heavy atom. The van der Waals surface area contributed by atoms with E-state index in [9.17, 15) is 32.8 Å². The summed E-state index contributed by atoms with van der Waals surface area (Å²) in [5, 5.41) is 25.6. The van der Waals surface area contributed by atoms with Crippen LogP contribution in [0.25, 0.3) is 28.6 Å². The fourth-order valence-corrected chi connectivity index (χ4v) is 12.0. The second-order valence-corrected chi connectivity index (χ2v) is 26.4. The molecule has 0 unspecified atom stereocenters. The molecule has 0 aliphatic carbocycles.